The molecular formula is C8H10N2O2. The maximum absolute atomic E-state index is 11.2. The van der Waals surface area contributed by atoms with E-state index in [1.807, 2.05) is 0 Å². The van der Waals surface area contributed by atoms with E-state index in [4.69, 9.17) is 4.74 Å². The molecule has 0 spiro atoms. The van der Waals surface area contributed by atoms with Crippen molar-refractivity contribution < 1.29 is 9.53 Å². The average molecular weight is 166 g/mol. The zero-order valence-electron chi connectivity index (χ0n) is 6.64. The van der Waals surface area contributed by atoms with Crippen molar-refractivity contribution in [2.45, 2.75) is 31.1 Å². The van der Waals surface area contributed by atoms with E-state index in [2.05, 4.69) is 10.2 Å². The Morgan fingerprint density at radius 1 is 1.33 bits per heavy atom. The number of ketones is 1. The molecule has 0 aromatic heterocycles. The van der Waals surface area contributed by atoms with E-state index in [0.29, 0.717) is 24.5 Å². The second-order valence-electron chi connectivity index (χ2n) is 3.75. The van der Waals surface area contributed by atoms with E-state index in [1.54, 1.807) is 0 Å². The van der Waals surface area contributed by atoms with Gasteiger partial charge in [-0.2, -0.15) is 10.2 Å². The maximum Gasteiger partial charge on any atom is 0.138 e. The van der Waals surface area contributed by atoms with Crippen molar-refractivity contribution in [3.63, 3.8) is 0 Å². The molecule has 4 nitrogen and oxygen atoms in total. The summed E-state index contributed by atoms with van der Waals surface area (Å²) in [6, 6.07) is 0.196. The number of nitrogens with zero attached hydrogens (tertiary/aromatic N) is 2. The van der Waals surface area contributed by atoms with Gasteiger partial charge in [0.2, 0.25) is 0 Å². The maximum atomic E-state index is 11.2. The van der Waals surface area contributed by atoms with E-state index in [0.717, 1.165) is 6.54 Å². The molecule has 3 rings (SSSR count). The number of hydrogen-bond acceptors (Lipinski definition) is 4. The fourth-order valence-electron chi connectivity index (χ4n) is 2.42. The van der Waals surface area contributed by atoms with Crippen molar-refractivity contribution in [1.82, 2.24) is 0 Å². The Labute approximate surface area is 70.0 Å². The van der Waals surface area contributed by atoms with Gasteiger partial charge in [-0.15, -0.1) is 0 Å². The summed E-state index contributed by atoms with van der Waals surface area (Å²) in [5.74, 6) is 0.738. The first-order valence-corrected chi connectivity index (χ1v) is 4.38. The Morgan fingerprint density at radius 3 is 3.08 bits per heavy atom. The molecular weight excluding hydrogens is 156 g/mol. The molecule has 3 aliphatic rings. The number of fused-ring (bicyclic) bond motifs is 5. The highest BCUT2D eigenvalue weighted by Crippen LogP contribution is 2.40. The Hall–Kier alpha value is -0.770. The van der Waals surface area contributed by atoms with Gasteiger partial charge in [0.15, 0.2) is 0 Å². The standard InChI is InChI=1S/C8H10N2O2/c11-4-1-6-5-3-9-10-8(5)7(2-4)12-6/h5-8H,1-3H2/t5-,6-,7+,8-/m1/s1. The van der Waals surface area contributed by atoms with Gasteiger partial charge in [0.05, 0.1) is 18.8 Å². The summed E-state index contributed by atoms with van der Waals surface area (Å²) in [7, 11) is 0. The summed E-state index contributed by atoms with van der Waals surface area (Å²) in [5.41, 5.74) is 0. The lowest BCUT2D eigenvalue weighted by atomic mass is 9.97. The molecule has 4 atom stereocenters. The van der Waals surface area contributed by atoms with Gasteiger partial charge in [-0.05, 0) is 0 Å². The third kappa shape index (κ3) is 0.732. The van der Waals surface area contributed by atoms with Crippen LogP contribution < -0.4 is 0 Å². The van der Waals surface area contributed by atoms with Crippen molar-refractivity contribution in [3.8, 4) is 0 Å². The van der Waals surface area contributed by atoms with Crippen LogP contribution in [0.2, 0.25) is 0 Å². The molecule has 2 fully saturated rings. The largest absolute Gasteiger partial charge is 0.371 e. The van der Waals surface area contributed by atoms with E-state index in [9.17, 15) is 4.79 Å². The summed E-state index contributed by atoms with van der Waals surface area (Å²) in [6.07, 6.45) is 1.31. The third-order valence-corrected chi connectivity index (χ3v) is 3.01. The van der Waals surface area contributed by atoms with Crippen LogP contribution in [0.15, 0.2) is 10.2 Å². The molecule has 3 aliphatic heterocycles. The van der Waals surface area contributed by atoms with Crippen LogP contribution in [0.5, 0.6) is 0 Å². The SMILES string of the molecule is O=C1C[C@@H]2O[C@H](C1)[C@H]1CN=N[C@H]12. The average Bonchev–Trinajstić information content (AvgIpc) is 2.56. The van der Waals surface area contributed by atoms with Gasteiger partial charge in [0.1, 0.15) is 11.8 Å². The van der Waals surface area contributed by atoms with Crippen LogP contribution >= 0.6 is 0 Å². The Balaban J connectivity index is 1.94. The minimum Gasteiger partial charge on any atom is -0.371 e. The molecule has 3 heterocycles. The molecule has 0 amide bonds. The zero-order valence-corrected chi connectivity index (χ0v) is 6.64. The highest BCUT2D eigenvalue weighted by atomic mass is 16.5. The number of carbonyl (C=O) groups is 1. The number of Topliss-reactive ketones (excluding diaryl/α,β-unsaturated/α-hetero) is 1. The highest BCUT2D eigenvalue weighted by Gasteiger charge is 2.51. The molecule has 0 aliphatic carbocycles. The molecule has 0 aromatic carbocycles. The number of azo groups is 1. The lowest BCUT2D eigenvalue weighted by molar-refractivity contribution is -0.130. The summed E-state index contributed by atoms with van der Waals surface area (Å²) in [4.78, 5) is 11.2. The number of rotatable bonds is 0. The topological polar surface area (TPSA) is 51.0 Å². The van der Waals surface area contributed by atoms with Gasteiger partial charge in [-0.3, -0.25) is 4.79 Å². The summed E-state index contributed by atoms with van der Waals surface area (Å²) in [5, 5.41) is 8.13. The first-order valence-electron chi connectivity index (χ1n) is 4.38. The summed E-state index contributed by atoms with van der Waals surface area (Å²) in [6.45, 7) is 0.763. The van der Waals surface area contributed by atoms with Gasteiger partial charge in [0.25, 0.3) is 0 Å². The Bertz CT molecular complexity index is 264. The highest BCUT2D eigenvalue weighted by molar-refractivity contribution is 5.80. The van der Waals surface area contributed by atoms with Crippen molar-refractivity contribution in [2.75, 3.05) is 6.54 Å². The van der Waals surface area contributed by atoms with Crippen LogP contribution in [0, 0.1) is 5.92 Å². The minimum atomic E-state index is 0.0486. The fourth-order valence-corrected chi connectivity index (χ4v) is 2.42. The lowest BCUT2D eigenvalue weighted by Gasteiger charge is -2.20. The lowest BCUT2D eigenvalue weighted by Crippen LogP contribution is -2.28. The predicted octanol–water partition coefficient (Wildman–Crippen LogP) is 0.567. The quantitative estimate of drug-likeness (QED) is 0.528. The van der Waals surface area contributed by atoms with Crippen LogP contribution in [0.3, 0.4) is 0 Å². The molecule has 0 unspecified atom stereocenters. The van der Waals surface area contributed by atoms with E-state index < -0.39 is 0 Å². The molecule has 0 aromatic rings. The van der Waals surface area contributed by atoms with E-state index >= 15 is 0 Å². The van der Waals surface area contributed by atoms with Crippen LogP contribution in [0.4, 0.5) is 0 Å². The number of hydrogen-bond donors (Lipinski definition) is 0. The summed E-state index contributed by atoms with van der Waals surface area (Å²) >= 11 is 0. The van der Waals surface area contributed by atoms with Crippen LogP contribution in [0.1, 0.15) is 12.8 Å². The summed E-state index contributed by atoms with van der Waals surface area (Å²) < 4.78 is 5.66. The Morgan fingerprint density at radius 2 is 2.17 bits per heavy atom. The molecule has 0 saturated carbocycles. The monoisotopic (exact) mass is 166 g/mol. The van der Waals surface area contributed by atoms with Crippen molar-refractivity contribution in [3.05, 3.63) is 0 Å². The van der Waals surface area contributed by atoms with Gasteiger partial charge in [-0.25, -0.2) is 0 Å². The fraction of sp³-hybridized carbons (Fsp3) is 0.875. The Kier molecular flexibility index (Phi) is 1.19. The van der Waals surface area contributed by atoms with E-state index in [-0.39, 0.29) is 18.2 Å². The molecule has 0 N–H and O–H groups in total. The first kappa shape index (κ1) is 6.71. The smallest absolute Gasteiger partial charge is 0.138 e. The predicted molar refractivity (Wildman–Crippen MR) is 39.9 cm³/mol. The van der Waals surface area contributed by atoms with E-state index in [1.165, 1.54) is 0 Å². The van der Waals surface area contributed by atoms with Crippen LogP contribution in [-0.2, 0) is 9.53 Å². The molecule has 2 bridgehead atoms. The normalized spacial score (nSPS) is 49.8. The number of ether oxygens (including phenoxy) is 1. The second kappa shape index (κ2) is 2.13. The number of carbonyl (C=O) groups excluding carboxylic acids is 1. The van der Waals surface area contributed by atoms with Crippen LogP contribution in [0.25, 0.3) is 0 Å². The van der Waals surface area contributed by atoms with Crippen molar-refractivity contribution in [1.29, 1.82) is 0 Å². The molecule has 0 radical (unpaired) electrons. The van der Waals surface area contributed by atoms with Gasteiger partial charge in [-0.1, -0.05) is 0 Å². The molecule has 4 heteroatoms. The van der Waals surface area contributed by atoms with Gasteiger partial charge < -0.3 is 4.74 Å². The van der Waals surface area contributed by atoms with Crippen molar-refractivity contribution in [2.24, 2.45) is 16.1 Å². The van der Waals surface area contributed by atoms with Gasteiger partial charge in [0, 0.05) is 18.8 Å². The zero-order chi connectivity index (χ0) is 8.13. The van der Waals surface area contributed by atoms with Crippen LogP contribution in [-0.4, -0.2) is 30.6 Å². The minimum absolute atomic E-state index is 0.0486. The molecule has 64 valence electrons. The third-order valence-electron chi connectivity index (χ3n) is 3.01. The van der Waals surface area contributed by atoms with Crippen molar-refractivity contribution >= 4 is 5.78 Å². The second-order valence-corrected chi connectivity index (χ2v) is 3.75. The first-order chi connectivity index (χ1) is 5.84. The molecule has 2 saturated heterocycles. The molecule has 12 heavy (non-hydrogen) atoms. The van der Waals surface area contributed by atoms with Gasteiger partial charge >= 0.3 is 0 Å².